The molecule has 2 rings (SSSR count). The molecule has 0 aliphatic carbocycles. The maximum Gasteiger partial charge on any atom is 0.165 e. The van der Waals surface area contributed by atoms with E-state index in [2.05, 4.69) is 0 Å². The van der Waals surface area contributed by atoms with Gasteiger partial charge in [-0.1, -0.05) is 69.3 Å². The highest BCUT2D eigenvalue weighted by molar-refractivity contribution is 6.04. The third-order valence-corrected chi connectivity index (χ3v) is 6.36. The molecule has 0 spiro atoms. The molecule has 2 aromatic carbocycles. The van der Waals surface area contributed by atoms with Gasteiger partial charge in [0.25, 0.3) is 0 Å². The molecule has 0 fully saturated rings. The maximum absolute atomic E-state index is 13.0. The van der Waals surface area contributed by atoms with E-state index >= 15 is 0 Å². The minimum Gasteiger partial charge on any atom is -0.396 e. The number of hydrogen-bond acceptors (Lipinski definition) is 5. The van der Waals surface area contributed by atoms with Crippen LogP contribution in [-0.4, -0.2) is 34.8 Å². The van der Waals surface area contributed by atoms with E-state index in [4.69, 9.17) is 5.11 Å². The van der Waals surface area contributed by atoms with Crippen LogP contribution in [0.15, 0.2) is 48.5 Å². The average molecular weight is 465 g/mol. The lowest BCUT2D eigenvalue weighted by atomic mass is 9.83. The fourth-order valence-electron chi connectivity index (χ4n) is 4.05. The number of Topliss-reactive ketones (excluding diaryl/α,β-unsaturated/α-hetero) is 4. The number of ketones is 4. The SMILES string of the molecule is CCCC(=O)C(CC(C)C(=O)c1ccc(-c2ccc(C[C@H](C)C(C)=O)cc2)cc1)C(=O)CCO. The van der Waals surface area contributed by atoms with E-state index < -0.39 is 11.8 Å². The van der Waals surface area contributed by atoms with E-state index in [0.717, 1.165) is 16.7 Å². The van der Waals surface area contributed by atoms with Crippen molar-refractivity contribution in [3.05, 3.63) is 59.7 Å². The van der Waals surface area contributed by atoms with Crippen LogP contribution in [0.5, 0.6) is 0 Å². The standard InChI is InChI=1S/C29H36O5/c1-5-6-27(32)26(28(33)15-16-30)18-20(3)29(34)25-13-11-24(12-14-25)23-9-7-22(8-10-23)17-19(2)21(4)31/h7-14,19-20,26,30H,5-6,15-18H2,1-4H3/t19-,20?,26?/m0/s1. The monoisotopic (exact) mass is 464 g/mol. The number of aliphatic hydroxyl groups excluding tert-OH is 1. The Hall–Kier alpha value is -2.92. The van der Waals surface area contributed by atoms with Gasteiger partial charge >= 0.3 is 0 Å². The third kappa shape index (κ3) is 7.56. The second-order valence-corrected chi connectivity index (χ2v) is 9.20. The molecule has 34 heavy (non-hydrogen) atoms. The van der Waals surface area contributed by atoms with Gasteiger partial charge in [0, 0.05) is 36.8 Å². The number of benzene rings is 2. The highest BCUT2D eigenvalue weighted by atomic mass is 16.3. The predicted octanol–water partition coefficient (Wildman–Crippen LogP) is 5.27. The molecule has 1 N–H and O–H groups in total. The first kappa shape index (κ1) is 27.3. The van der Waals surface area contributed by atoms with Crippen LogP contribution < -0.4 is 0 Å². The normalized spacial score (nSPS) is 13.7. The van der Waals surface area contributed by atoms with Crippen LogP contribution in [0.25, 0.3) is 11.1 Å². The number of hydrogen-bond donors (Lipinski definition) is 1. The highest BCUT2D eigenvalue weighted by Gasteiger charge is 2.29. The smallest absolute Gasteiger partial charge is 0.165 e. The Morgan fingerprint density at radius 2 is 1.32 bits per heavy atom. The van der Waals surface area contributed by atoms with Gasteiger partial charge in [0.2, 0.25) is 0 Å². The van der Waals surface area contributed by atoms with Crippen LogP contribution in [-0.2, 0) is 20.8 Å². The Kier molecular flexibility index (Phi) is 10.5. The van der Waals surface area contributed by atoms with Crippen LogP contribution in [0.4, 0.5) is 0 Å². The van der Waals surface area contributed by atoms with Crippen LogP contribution in [0.3, 0.4) is 0 Å². The summed E-state index contributed by atoms with van der Waals surface area (Å²) in [6.07, 6.45) is 1.75. The second-order valence-electron chi connectivity index (χ2n) is 9.20. The van der Waals surface area contributed by atoms with Crippen molar-refractivity contribution in [1.29, 1.82) is 0 Å². The molecule has 182 valence electrons. The van der Waals surface area contributed by atoms with Crippen LogP contribution in [0, 0.1) is 17.8 Å². The van der Waals surface area contributed by atoms with E-state index in [-0.39, 0.29) is 48.5 Å². The molecule has 0 aliphatic heterocycles. The summed E-state index contributed by atoms with van der Waals surface area (Å²) in [6, 6.07) is 15.4. The van der Waals surface area contributed by atoms with Crippen molar-refractivity contribution in [3.63, 3.8) is 0 Å². The van der Waals surface area contributed by atoms with Crippen LogP contribution in [0.1, 0.15) is 69.3 Å². The number of aliphatic hydroxyl groups is 1. The van der Waals surface area contributed by atoms with Crippen LogP contribution in [0.2, 0.25) is 0 Å². The topological polar surface area (TPSA) is 88.5 Å². The summed E-state index contributed by atoms with van der Waals surface area (Å²) in [7, 11) is 0. The number of carbonyl (C=O) groups is 4. The summed E-state index contributed by atoms with van der Waals surface area (Å²) >= 11 is 0. The van der Waals surface area contributed by atoms with Gasteiger partial charge in [-0.3, -0.25) is 19.2 Å². The zero-order valence-corrected chi connectivity index (χ0v) is 20.7. The molecule has 2 unspecified atom stereocenters. The average Bonchev–Trinajstić information content (AvgIpc) is 2.82. The van der Waals surface area contributed by atoms with Gasteiger partial charge in [0.1, 0.15) is 17.3 Å². The number of rotatable bonds is 14. The first-order chi connectivity index (χ1) is 16.2. The fourth-order valence-corrected chi connectivity index (χ4v) is 4.05. The Labute approximate surface area is 202 Å². The van der Waals surface area contributed by atoms with E-state index in [1.807, 2.05) is 50.2 Å². The lowest BCUT2D eigenvalue weighted by Gasteiger charge is -2.18. The van der Waals surface area contributed by atoms with E-state index in [9.17, 15) is 19.2 Å². The van der Waals surface area contributed by atoms with Crippen molar-refractivity contribution < 1.29 is 24.3 Å². The van der Waals surface area contributed by atoms with Gasteiger partial charge in [-0.15, -0.1) is 0 Å². The molecular weight excluding hydrogens is 428 g/mol. The molecule has 0 aromatic heterocycles. The molecule has 0 radical (unpaired) electrons. The molecule has 0 bridgehead atoms. The largest absolute Gasteiger partial charge is 0.396 e. The Morgan fingerprint density at radius 3 is 1.82 bits per heavy atom. The lowest BCUT2D eigenvalue weighted by molar-refractivity contribution is -0.133. The van der Waals surface area contributed by atoms with E-state index in [0.29, 0.717) is 24.8 Å². The minimum absolute atomic E-state index is 0.00562. The zero-order chi connectivity index (χ0) is 25.3. The van der Waals surface area contributed by atoms with Gasteiger partial charge in [-0.2, -0.15) is 0 Å². The third-order valence-electron chi connectivity index (χ3n) is 6.36. The molecule has 3 atom stereocenters. The maximum atomic E-state index is 13.0. The molecule has 0 saturated carbocycles. The van der Waals surface area contributed by atoms with Crippen molar-refractivity contribution in [2.75, 3.05) is 6.61 Å². The second kappa shape index (κ2) is 13.1. The fraction of sp³-hybridized carbons (Fsp3) is 0.448. The summed E-state index contributed by atoms with van der Waals surface area (Å²) in [4.78, 5) is 49.3. The molecule has 5 nitrogen and oxygen atoms in total. The predicted molar refractivity (Wildman–Crippen MR) is 134 cm³/mol. The summed E-state index contributed by atoms with van der Waals surface area (Å²) in [6.45, 7) is 6.86. The highest BCUT2D eigenvalue weighted by Crippen LogP contribution is 2.25. The Bertz CT molecular complexity index is 970. The van der Waals surface area contributed by atoms with Crippen molar-refractivity contribution in [1.82, 2.24) is 0 Å². The summed E-state index contributed by atoms with van der Waals surface area (Å²) in [5.74, 6) is -1.71. The van der Waals surface area contributed by atoms with Gasteiger partial charge in [0.05, 0.1) is 5.92 Å². The molecule has 2 aromatic rings. The minimum atomic E-state index is -0.838. The summed E-state index contributed by atoms with van der Waals surface area (Å²) < 4.78 is 0. The zero-order valence-electron chi connectivity index (χ0n) is 20.7. The molecule has 5 heteroatoms. The molecular formula is C29H36O5. The van der Waals surface area contributed by atoms with Gasteiger partial charge < -0.3 is 5.11 Å². The quantitative estimate of drug-likeness (QED) is 0.304. The van der Waals surface area contributed by atoms with Gasteiger partial charge in [0.15, 0.2) is 5.78 Å². The van der Waals surface area contributed by atoms with Gasteiger partial charge in [-0.25, -0.2) is 0 Å². The molecule has 0 amide bonds. The van der Waals surface area contributed by atoms with E-state index in [1.54, 1.807) is 26.0 Å². The first-order valence-corrected chi connectivity index (χ1v) is 12.1. The van der Waals surface area contributed by atoms with Crippen molar-refractivity contribution in [2.24, 2.45) is 17.8 Å². The van der Waals surface area contributed by atoms with Crippen molar-refractivity contribution in [2.45, 2.75) is 59.8 Å². The Balaban J connectivity index is 2.09. The van der Waals surface area contributed by atoms with Crippen LogP contribution >= 0.6 is 0 Å². The molecule has 0 saturated heterocycles. The summed E-state index contributed by atoms with van der Waals surface area (Å²) in [5, 5.41) is 9.10. The van der Waals surface area contributed by atoms with Crippen molar-refractivity contribution in [3.8, 4) is 11.1 Å². The number of carbonyl (C=O) groups excluding carboxylic acids is 4. The Morgan fingerprint density at radius 1 is 0.794 bits per heavy atom. The molecule has 0 aliphatic rings. The molecule has 0 heterocycles. The van der Waals surface area contributed by atoms with Crippen molar-refractivity contribution >= 4 is 23.1 Å². The van der Waals surface area contributed by atoms with E-state index in [1.165, 1.54) is 0 Å². The van der Waals surface area contributed by atoms with Gasteiger partial charge in [-0.05, 0) is 42.9 Å². The lowest BCUT2D eigenvalue weighted by Crippen LogP contribution is -2.29. The summed E-state index contributed by atoms with van der Waals surface area (Å²) in [5.41, 5.74) is 3.64. The first-order valence-electron chi connectivity index (χ1n) is 12.1.